The number of likely N-dealkylation sites (tertiary alicyclic amines) is 1. The Labute approximate surface area is 164 Å². The summed E-state index contributed by atoms with van der Waals surface area (Å²) < 4.78 is 5.07. The lowest BCUT2D eigenvalue weighted by Gasteiger charge is -2.35. The molecule has 0 spiro atoms. The molecule has 2 aromatic heterocycles. The fourth-order valence-corrected chi connectivity index (χ4v) is 4.09. The zero-order valence-electron chi connectivity index (χ0n) is 16.4. The van der Waals surface area contributed by atoms with Crippen LogP contribution in [-0.4, -0.2) is 46.0 Å². The maximum atomic E-state index is 12.6. The highest BCUT2D eigenvalue weighted by Gasteiger charge is 2.30. The standard InChI is InChI=1S/C19H27N5O2S/c1-12-11-16(23-19-21-13(2)14(3)27-19)22-18(20-12)15-7-5-6-9-24(15)17(25)8-10-26-4/h11,15H,5-10H2,1-4H3,(H,20,21,22,23)/t15-/m1/s1. The number of anilines is 2. The van der Waals surface area contributed by atoms with Crippen LogP contribution in [0, 0.1) is 20.8 Å². The van der Waals surface area contributed by atoms with Crippen molar-refractivity contribution in [2.24, 2.45) is 0 Å². The molecule has 0 unspecified atom stereocenters. The van der Waals surface area contributed by atoms with Gasteiger partial charge in [0, 0.05) is 30.3 Å². The number of piperidine rings is 1. The summed E-state index contributed by atoms with van der Waals surface area (Å²) in [6.45, 7) is 7.19. The SMILES string of the molecule is COCCC(=O)N1CCCC[C@@H]1c1nc(C)cc(Nc2nc(C)c(C)s2)n1. The van der Waals surface area contributed by atoms with Gasteiger partial charge >= 0.3 is 0 Å². The van der Waals surface area contributed by atoms with E-state index >= 15 is 0 Å². The summed E-state index contributed by atoms with van der Waals surface area (Å²) in [6, 6.07) is 1.83. The second-order valence-electron chi connectivity index (χ2n) is 6.88. The molecule has 1 fully saturated rings. The summed E-state index contributed by atoms with van der Waals surface area (Å²) in [5, 5.41) is 4.12. The number of nitrogens with zero attached hydrogens (tertiary/aromatic N) is 4. The van der Waals surface area contributed by atoms with E-state index in [9.17, 15) is 4.79 Å². The van der Waals surface area contributed by atoms with E-state index in [-0.39, 0.29) is 11.9 Å². The fraction of sp³-hybridized carbons (Fsp3) is 0.579. The molecular formula is C19H27N5O2S. The number of hydrogen-bond donors (Lipinski definition) is 1. The molecule has 8 heteroatoms. The number of thiazole rings is 1. The highest BCUT2D eigenvalue weighted by Crippen LogP contribution is 2.31. The second kappa shape index (κ2) is 8.75. The van der Waals surface area contributed by atoms with Crippen molar-refractivity contribution in [1.29, 1.82) is 0 Å². The minimum atomic E-state index is -0.0803. The molecule has 7 nitrogen and oxygen atoms in total. The van der Waals surface area contributed by atoms with Crippen molar-refractivity contribution in [1.82, 2.24) is 19.9 Å². The molecular weight excluding hydrogens is 362 g/mol. The molecule has 2 aromatic rings. The normalized spacial score (nSPS) is 17.2. The van der Waals surface area contributed by atoms with Crippen LogP contribution in [0.1, 0.15) is 53.8 Å². The number of amides is 1. The van der Waals surface area contributed by atoms with Gasteiger partial charge in [-0.25, -0.2) is 15.0 Å². The molecule has 1 aliphatic rings. The van der Waals surface area contributed by atoms with Crippen molar-refractivity contribution >= 4 is 28.2 Å². The molecule has 146 valence electrons. The first-order chi connectivity index (χ1) is 13.0. The smallest absolute Gasteiger partial charge is 0.225 e. The van der Waals surface area contributed by atoms with Gasteiger partial charge in [0.15, 0.2) is 11.0 Å². The van der Waals surface area contributed by atoms with E-state index < -0.39 is 0 Å². The van der Waals surface area contributed by atoms with E-state index in [1.807, 2.05) is 24.8 Å². The van der Waals surface area contributed by atoms with E-state index in [1.54, 1.807) is 18.4 Å². The Hall–Kier alpha value is -2.06. The van der Waals surface area contributed by atoms with E-state index in [2.05, 4.69) is 22.2 Å². The second-order valence-corrected chi connectivity index (χ2v) is 8.08. The minimum absolute atomic E-state index is 0.0803. The maximum absolute atomic E-state index is 12.6. The van der Waals surface area contributed by atoms with Gasteiger partial charge in [-0.15, -0.1) is 11.3 Å². The van der Waals surface area contributed by atoms with Crippen molar-refractivity contribution in [3.05, 3.63) is 28.2 Å². The third kappa shape index (κ3) is 4.81. The van der Waals surface area contributed by atoms with Crippen LogP contribution < -0.4 is 5.32 Å². The van der Waals surface area contributed by atoms with Gasteiger partial charge in [0.1, 0.15) is 5.82 Å². The molecule has 1 saturated heterocycles. The Kier molecular flexibility index (Phi) is 6.38. The first kappa shape index (κ1) is 19.7. The molecule has 0 bridgehead atoms. The lowest BCUT2D eigenvalue weighted by Crippen LogP contribution is -2.39. The fourth-order valence-electron chi connectivity index (χ4n) is 3.27. The van der Waals surface area contributed by atoms with Crippen LogP contribution in [0.4, 0.5) is 10.9 Å². The Morgan fingerprint density at radius 3 is 2.81 bits per heavy atom. The average Bonchev–Trinajstić information content (AvgIpc) is 2.96. The van der Waals surface area contributed by atoms with Gasteiger partial charge in [-0.1, -0.05) is 0 Å². The van der Waals surface area contributed by atoms with Crippen LogP contribution in [0.15, 0.2) is 6.07 Å². The molecule has 0 aliphatic carbocycles. The van der Waals surface area contributed by atoms with Crippen LogP contribution in [-0.2, 0) is 9.53 Å². The number of aryl methyl sites for hydroxylation is 3. The van der Waals surface area contributed by atoms with E-state index in [0.717, 1.165) is 48.1 Å². The predicted molar refractivity (Wildman–Crippen MR) is 106 cm³/mol. The Bertz CT molecular complexity index is 788. The first-order valence-electron chi connectivity index (χ1n) is 9.33. The average molecular weight is 390 g/mol. The van der Waals surface area contributed by atoms with Crippen LogP contribution in [0.2, 0.25) is 0 Å². The molecule has 0 aromatic carbocycles. The van der Waals surface area contributed by atoms with Crippen molar-refractivity contribution in [3.63, 3.8) is 0 Å². The zero-order valence-corrected chi connectivity index (χ0v) is 17.2. The number of aromatic nitrogens is 3. The number of nitrogens with one attached hydrogen (secondary N) is 1. The molecule has 1 amide bonds. The molecule has 1 atom stereocenters. The number of ether oxygens (including phenoxy) is 1. The largest absolute Gasteiger partial charge is 0.384 e. The van der Waals surface area contributed by atoms with E-state index in [0.29, 0.717) is 18.9 Å². The van der Waals surface area contributed by atoms with Crippen molar-refractivity contribution in [2.75, 3.05) is 25.6 Å². The predicted octanol–water partition coefficient (Wildman–Crippen LogP) is 3.69. The van der Waals surface area contributed by atoms with Gasteiger partial charge in [0.2, 0.25) is 5.91 Å². The summed E-state index contributed by atoms with van der Waals surface area (Å²) in [5.74, 6) is 1.53. The Morgan fingerprint density at radius 2 is 2.11 bits per heavy atom. The van der Waals surface area contributed by atoms with Crippen LogP contribution in [0.5, 0.6) is 0 Å². The van der Waals surface area contributed by atoms with Gasteiger partial charge in [-0.05, 0) is 40.0 Å². The van der Waals surface area contributed by atoms with Crippen molar-refractivity contribution < 1.29 is 9.53 Å². The topological polar surface area (TPSA) is 80.2 Å². The van der Waals surface area contributed by atoms with Crippen molar-refractivity contribution in [2.45, 2.75) is 52.5 Å². The molecule has 27 heavy (non-hydrogen) atoms. The number of carbonyl (C=O) groups excluding carboxylic acids is 1. The summed E-state index contributed by atoms with van der Waals surface area (Å²) in [7, 11) is 1.62. The Balaban J connectivity index is 1.83. The van der Waals surface area contributed by atoms with E-state index in [4.69, 9.17) is 9.72 Å². The molecule has 1 aliphatic heterocycles. The lowest BCUT2D eigenvalue weighted by atomic mass is 10.0. The highest BCUT2D eigenvalue weighted by molar-refractivity contribution is 7.15. The van der Waals surface area contributed by atoms with Crippen LogP contribution in [0.25, 0.3) is 0 Å². The van der Waals surface area contributed by atoms with Gasteiger partial charge in [-0.2, -0.15) is 0 Å². The number of methoxy groups -OCH3 is 1. The third-order valence-corrected chi connectivity index (χ3v) is 5.76. The van der Waals surface area contributed by atoms with Gasteiger partial charge < -0.3 is 15.0 Å². The zero-order chi connectivity index (χ0) is 19.4. The van der Waals surface area contributed by atoms with Crippen LogP contribution in [0.3, 0.4) is 0 Å². The third-order valence-electron chi connectivity index (χ3n) is 4.78. The monoisotopic (exact) mass is 389 g/mol. The van der Waals surface area contributed by atoms with Gasteiger partial charge in [-0.3, -0.25) is 4.79 Å². The Morgan fingerprint density at radius 1 is 1.30 bits per heavy atom. The molecule has 0 saturated carbocycles. The number of hydrogen-bond acceptors (Lipinski definition) is 7. The first-order valence-corrected chi connectivity index (χ1v) is 10.1. The quantitative estimate of drug-likeness (QED) is 0.811. The maximum Gasteiger partial charge on any atom is 0.225 e. The molecule has 3 heterocycles. The molecule has 1 N–H and O–H groups in total. The molecule has 3 rings (SSSR count). The number of rotatable bonds is 6. The van der Waals surface area contributed by atoms with Gasteiger partial charge in [0.05, 0.1) is 24.8 Å². The number of carbonyl (C=O) groups is 1. The summed E-state index contributed by atoms with van der Waals surface area (Å²) in [6.07, 6.45) is 3.37. The summed E-state index contributed by atoms with van der Waals surface area (Å²) >= 11 is 1.61. The summed E-state index contributed by atoms with van der Waals surface area (Å²) in [4.78, 5) is 29.6. The van der Waals surface area contributed by atoms with Crippen LogP contribution >= 0.6 is 11.3 Å². The molecule has 0 radical (unpaired) electrons. The highest BCUT2D eigenvalue weighted by atomic mass is 32.1. The lowest BCUT2D eigenvalue weighted by molar-refractivity contribution is -0.136. The summed E-state index contributed by atoms with van der Waals surface area (Å²) in [5.41, 5.74) is 1.90. The minimum Gasteiger partial charge on any atom is -0.384 e. The van der Waals surface area contributed by atoms with Crippen molar-refractivity contribution in [3.8, 4) is 0 Å². The van der Waals surface area contributed by atoms with E-state index in [1.165, 1.54) is 4.88 Å². The van der Waals surface area contributed by atoms with Gasteiger partial charge in [0.25, 0.3) is 0 Å².